The van der Waals surface area contributed by atoms with Gasteiger partial charge in [-0.25, -0.2) is 0 Å². The van der Waals surface area contributed by atoms with Crippen molar-refractivity contribution in [1.29, 1.82) is 0 Å². The summed E-state index contributed by atoms with van der Waals surface area (Å²) >= 11 is 0. The van der Waals surface area contributed by atoms with Crippen molar-refractivity contribution >= 4 is 48.0 Å². The van der Waals surface area contributed by atoms with E-state index in [4.69, 9.17) is 28.4 Å². The van der Waals surface area contributed by atoms with Gasteiger partial charge in [0.1, 0.15) is 24.0 Å². The molecule has 2 unspecified atom stereocenters. The molecular weight excluding hydrogens is 656 g/mol. The molecule has 0 amide bonds. The van der Waals surface area contributed by atoms with Gasteiger partial charge in [-0.05, 0) is 65.5 Å². The van der Waals surface area contributed by atoms with Crippen LogP contribution in [0.2, 0.25) is 0 Å². The molecule has 0 saturated heterocycles. The number of hydrogen-bond donors (Lipinski definition) is 0. The van der Waals surface area contributed by atoms with E-state index in [0.717, 1.165) is 40.2 Å². The fraction of sp³-hybridized carbons (Fsp3) is 0.444. The smallest absolute Gasteiger partial charge is 0.304 e. The first-order valence-corrected chi connectivity index (χ1v) is 16.0. The van der Waals surface area contributed by atoms with Gasteiger partial charge in [0.25, 0.3) is 12.9 Å². The SMILES string of the molecule is CC(=O)O[C@@]1(C)C(=O)C2=COC(CCCC(C)OC=O)=CC2=C(C2=C3C=C(CCCC(C)OC=O)OC=C3C(=O)[C@@](C)(OC(C)=O)C2=O)C1=O. The van der Waals surface area contributed by atoms with E-state index in [0.29, 0.717) is 50.1 Å². The monoisotopic (exact) mass is 694 g/mol. The molecule has 50 heavy (non-hydrogen) atoms. The molecule has 0 aromatic heterocycles. The zero-order chi connectivity index (χ0) is 37.0. The summed E-state index contributed by atoms with van der Waals surface area (Å²) in [6.07, 6.45) is 6.68. The molecule has 2 heterocycles. The predicted octanol–water partition coefficient (Wildman–Crippen LogP) is 3.59. The number of ketones is 4. The van der Waals surface area contributed by atoms with E-state index in [1.807, 2.05) is 0 Å². The van der Waals surface area contributed by atoms with Crippen LogP contribution in [0.3, 0.4) is 0 Å². The van der Waals surface area contributed by atoms with Gasteiger partial charge in [0, 0.05) is 49.0 Å². The van der Waals surface area contributed by atoms with Gasteiger partial charge >= 0.3 is 11.9 Å². The first-order valence-electron chi connectivity index (χ1n) is 16.0. The number of hydrogen-bond acceptors (Lipinski definition) is 14. The summed E-state index contributed by atoms with van der Waals surface area (Å²) < 4.78 is 32.0. The molecule has 0 spiro atoms. The van der Waals surface area contributed by atoms with E-state index < -0.39 is 46.3 Å². The average molecular weight is 695 g/mol. The second kappa shape index (κ2) is 15.0. The standard InChI is InChI=1S/C36H38O14/c1-19(47-17-37)9-7-11-23-13-25-27(15-45-23)31(41)35(5,49-21(3)39)33(43)29(25)30-26-14-24(12-8-10-20(2)48-18-38)46-16-28(26)32(42)36(6,34(30)44)50-22(4)40/h13-20H,7-12H2,1-6H3/t19?,20?,35-,36+. The number of ether oxygens (including phenoxy) is 6. The van der Waals surface area contributed by atoms with Crippen molar-refractivity contribution in [1.82, 2.24) is 0 Å². The number of carbonyl (C=O) groups excluding carboxylic acids is 8. The molecule has 4 atom stereocenters. The number of Topliss-reactive ketones (excluding diaryl/α,β-unsaturated/α-hetero) is 4. The highest BCUT2D eigenvalue weighted by molar-refractivity contribution is 6.37. The third-order valence-corrected chi connectivity index (χ3v) is 8.65. The highest BCUT2D eigenvalue weighted by atomic mass is 16.6. The summed E-state index contributed by atoms with van der Waals surface area (Å²) in [4.78, 5) is 103. The van der Waals surface area contributed by atoms with E-state index in [1.54, 1.807) is 13.8 Å². The van der Waals surface area contributed by atoms with Gasteiger partial charge in [0.05, 0.1) is 23.4 Å². The van der Waals surface area contributed by atoms with Crippen molar-refractivity contribution < 1.29 is 66.8 Å². The third kappa shape index (κ3) is 7.28. The molecular formula is C36H38O14. The van der Waals surface area contributed by atoms with Gasteiger partial charge in [0.15, 0.2) is 0 Å². The lowest BCUT2D eigenvalue weighted by molar-refractivity contribution is -0.168. The maximum atomic E-state index is 14.6. The van der Waals surface area contributed by atoms with Gasteiger partial charge in [-0.1, -0.05) is 0 Å². The lowest BCUT2D eigenvalue weighted by atomic mass is 9.67. The second-order valence-electron chi connectivity index (χ2n) is 12.5. The van der Waals surface area contributed by atoms with E-state index in [2.05, 4.69) is 0 Å². The molecule has 4 aliphatic rings. The van der Waals surface area contributed by atoms with Gasteiger partial charge in [-0.2, -0.15) is 0 Å². The Morgan fingerprint density at radius 3 is 1.36 bits per heavy atom. The molecule has 0 aromatic carbocycles. The zero-order valence-electron chi connectivity index (χ0n) is 28.6. The molecule has 0 fully saturated rings. The van der Waals surface area contributed by atoms with Crippen LogP contribution >= 0.6 is 0 Å². The van der Waals surface area contributed by atoms with Gasteiger partial charge in [-0.15, -0.1) is 0 Å². The molecule has 4 rings (SSSR count). The van der Waals surface area contributed by atoms with Crippen molar-refractivity contribution in [2.75, 3.05) is 0 Å². The van der Waals surface area contributed by atoms with Crippen LogP contribution in [-0.4, -0.2) is 71.4 Å². The molecule has 266 valence electrons. The first-order chi connectivity index (χ1) is 23.6. The number of carbonyl (C=O) groups is 8. The fourth-order valence-electron chi connectivity index (χ4n) is 6.12. The Balaban J connectivity index is 1.96. The fourth-order valence-corrected chi connectivity index (χ4v) is 6.12. The quantitative estimate of drug-likeness (QED) is 0.105. The lowest BCUT2D eigenvalue weighted by Crippen LogP contribution is -2.56. The van der Waals surface area contributed by atoms with E-state index in [-0.39, 0.29) is 58.5 Å². The molecule has 0 N–H and O–H groups in total. The molecule has 0 saturated carbocycles. The van der Waals surface area contributed by atoms with Crippen molar-refractivity contribution in [3.05, 3.63) is 69.6 Å². The third-order valence-electron chi connectivity index (χ3n) is 8.65. The number of esters is 2. The second-order valence-corrected chi connectivity index (χ2v) is 12.5. The highest BCUT2D eigenvalue weighted by Crippen LogP contribution is 2.46. The minimum Gasteiger partial charge on any atom is -0.469 e. The normalized spacial score (nSPS) is 24.2. The van der Waals surface area contributed by atoms with Crippen molar-refractivity contribution in [2.45, 2.75) is 103 Å². The molecule has 0 bridgehead atoms. The molecule has 2 aliphatic heterocycles. The average Bonchev–Trinajstić information content (AvgIpc) is 3.04. The van der Waals surface area contributed by atoms with E-state index in [9.17, 15) is 38.4 Å². The van der Waals surface area contributed by atoms with Crippen LogP contribution in [0, 0.1) is 0 Å². The maximum absolute atomic E-state index is 14.6. The van der Waals surface area contributed by atoms with Crippen LogP contribution in [0.25, 0.3) is 0 Å². The van der Waals surface area contributed by atoms with E-state index in [1.165, 1.54) is 12.2 Å². The highest BCUT2D eigenvalue weighted by Gasteiger charge is 2.59. The van der Waals surface area contributed by atoms with Crippen LogP contribution < -0.4 is 0 Å². The largest absolute Gasteiger partial charge is 0.469 e. The van der Waals surface area contributed by atoms with Crippen LogP contribution in [0.1, 0.15) is 80.1 Å². The zero-order valence-corrected chi connectivity index (χ0v) is 28.6. The number of rotatable bonds is 15. The Kier molecular flexibility index (Phi) is 11.2. The van der Waals surface area contributed by atoms with Crippen LogP contribution in [0.15, 0.2) is 69.6 Å². The minimum atomic E-state index is -2.43. The number of allylic oxidation sites excluding steroid dienone is 6. The first kappa shape index (κ1) is 37.4. The Bertz CT molecular complexity index is 1610. The van der Waals surface area contributed by atoms with Crippen molar-refractivity contribution in [3.63, 3.8) is 0 Å². The maximum Gasteiger partial charge on any atom is 0.304 e. The topological polar surface area (TPSA) is 192 Å². The van der Waals surface area contributed by atoms with Gasteiger partial charge in [0.2, 0.25) is 34.3 Å². The molecule has 2 aliphatic carbocycles. The van der Waals surface area contributed by atoms with Gasteiger partial charge < -0.3 is 28.4 Å². The van der Waals surface area contributed by atoms with E-state index >= 15 is 0 Å². The Morgan fingerprint density at radius 2 is 1.04 bits per heavy atom. The lowest BCUT2D eigenvalue weighted by Gasteiger charge is -2.39. The summed E-state index contributed by atoms with van der Waals surface area (Å²) in [5.74, 6) is -5.21. The van der Waals surface area contributed by atoms with Crippen molar-refractivity contribution in [2.24, 2.45) is 0 Å². The Labute approximate surface area is 287 Å². The summed E-state index contributed by atoms with van der Waals surface area (Å²) in [5, 5.41) is 0. The molecule has 0 radical (unpaired) electrons. The van der Waals surface area contributed by atoms with Crippen LogP contribution in [0.4, 0.5) is 0 Å². The summed E-state index contributed by atoms with van der Waals surface area (Å²) in [5.41, 5.74) is -6.00. The predicted molar refractivity (Wildman–Crippen MR) is 170 cm³/mol. The van der Waals surface area contributed by atoms with Gasteiger partial charge in [-0.3, -0.25) is 38.4 Å². The number of fused-ring (bicyclic) bond motifs is 2. The van der Waals surface area contributed by atoms with Crippen LogP contribution in [0.5, 0.6) is 0 Å². The van der Waals surface area contributed by atoms with Crippen LogP contribution in [-0.2, 0) is 66.8 Å². The minimum absolute atomic E-state index is 0.0286. The Morgan fingerprint density at radius 1 is 0.680 bits per heavy atom. The Hall–Kier alpha value is -5.40. The molecule has 14 heteroatoms. The summed E-state index contributed by atoms with van der Waals surface area (Å²) in [6.45, 7) is 8.35. The molecule has 0 aromatic rings. The molecule has 14 nitrogen and oxygen atoms in total. The van der Waals surface area contributed by atoms with Crippen molar-refractivity contribution in [3.8, 4) is 0 Å². The summed E-state index contributed by atoms with van der Waals surface area (Å²) in [7, 11) is 0. The summed E-state index contributed by atoms with van der Waals surface area (Å²) in [6, 6.07) is 0.